The number of alkyl halides is 1. The highest BCUT2D eigenvalue weighted by Gasteiger charge is 2.16. The average molecular weight is 230 g/mol. The number of nitrogens with zero attached hydrogens (tertiary/aromatic N) is 3. The van der Waals surface area contributed by atoms with Crippen molar-refractivity contribution in [2.75, 3.05) is 12.9 Å². The number of rotatable bonds is 4. The summed E-state index contributed by atoms with van der Waals surface area (Å²) in [6.45, 7) is 2.41. The normalized spacial score (nSPS) is 12.5. The van der Waals surface area contributed by atoms with Gasteiger partial charge in [-0.05, 0) is 0 Å². The Hall–Kier alpha value is -1.03. The van der Waals surface area contributed by atoms with E-state index in [0.717, 1.165) is 5.56 Å². The van der Waals surface area contributed by atoms with Gasteiger partial charge in [0, 0.05) is 44.2 Å². The van der Waals surface area contributed by atoms with Gasteiger partial charge in [-0.15, -0.1) is 11.6 Å². The quantitative estimate of drug-likeness (QED) is 0.729. The Balaban J connectivity index is 2.55. The summed E-state index contributed by atoms with van der Waals surface area (Å²) in [5.74, 6) is 0.290. The van der Waals surface area contributed by atoms with E-state index in [0.29, 0.717) is 12.4 Å². The van der Waals surface area contributed by atoms with Crippen molar-refractivity contribution in [3.8, 4) is 0 Å². The lowest BCUT2D eigenvalue weighted by molar-refractivity contribution is -0.133. The zero-order chi connectivity index (χ0) is 11.4. The molecule has 1 aromatic heterocycles. The van der Waals surface area contributed by atoms with Crippen LogP contribution in [0.5, 0.6) is 0 Å². The lowest BCUT2D eigenvalue weighted by atomic mass is 10.2. The van der Waals surface area contributed by atoms with Gasteiger partial charge in [-0.1, -0.05) is 6.92 Å². The summed E-state index contributed by atoms with van der Waals surface area (Å²) < 4.78 is 1.72. The molecule has 0 aromatic carbocycles. The molecular weight excluding hydrogens is 214 g/mol. The first kappa shape index (κ1) is 12.0. The number of carbonyl (C=O) groups is 1. The van der Waals surface area contributed by atoms with E-state index in [1.54, 1.807) is 22.8 Å². The molecule has 0 saturated heterocycles. The fourth-order valence-corrected chi connectivity index (χ4v) is 1.48. The molecule has 1 rings (SSSR count). The Bertz CT molecular complexity index is 337. The molecule has 1 amide bonds. The van der Waals surface area contributed by atoms with Crippen molar-refractivity contribution in [3.63, 3.8) is 0 Å². The molecule has 1 heterocycles. The minimum atomic E-state index is -0.131. The third-order valence-corrected chi connectivity index (χ3v) is 2.67. The first-order valence-electron chi connectivity index (χ1n) is 4.83. The van der Waals surface area contributed by atoms with Gasteiger partial charge in [-0.2, -0.15) is 5.10 Å². The standard InChI is InChI=1S/C10H16ClN3O/c1-8(4-11)10(15)13(2)6-9-5-12-14(3)7-9/h5,7-8H,4,6H2,1-3H3. The van der Waals surface area contributed by atoms with Crippen LogP contribution in [0, 0.1) is 5.92 Å². The minimum Gasteiger partial charge on any atom is -0.341 e. The summed E-state index contributed by atoms with van der Waals surface area (Å²) in [6.07, 6.45) is 3.66. The highest BCUT2D eigenvalue weighted by molar-refractivity contribution is 6.19. The largest absolute Gasteiger partial charge is 0.341 e. The third-order valence-electron chi connectivity index (χ3n) is 2.21. The Labute approximate surface area is 94.8 Å². The molecule has 84 valence electrons. The topological polar surface area (TPSA) is 38.1 Å². The number of aryl methyl sites for hydroxylation is 1. The Kier molecular flexibility index (Phi) is 4.15. The van der Waals surface area contributed by atoms with Crippen LogP contribution in [0.15, 0.2) is 12.4 Å². The van der Waals surface area contributed by atoms with Gasteiger partial charge in [0.15, 0.2) is 0 Å². The van der Waals surface area contributed by atoms with Gasteiger partial charge < -0.3 is 4.90 Å². The van der Waals surface area contributed by atoms with Crippen LogP contribution >= 0.6 is 11.6 Å². The van der Waals surface area contributed by atoms with E-state index in [2.05, 4.69) is 5.10 Å². The van der Waals surface area contributed by atoms with Crippen molar-refractivity contribution in [1.29, 1.82) is 0 Å². The number of hydrogen-bond acceptors (Lipinski definition) is 2. The third kappa shape index (κ3) is 3.23. The Morgan fingerprint density at radius 1 is 1.73 bits per heavy atom. The Morgan fingerprint density at radius 2 is 2.40 bits per heavy atom. The second-order valence-electron chi connectivity index (χ2n) is 3.77. The summed E-state index contributed by atoms with van der Waals surface area (Å²) in [5.41, 5.74) is 1.02. The van der Waals surface area contributed by atoms with E-state index in [-0.39, 0.29) is 11.8 Å². The van der Waals surface area contributed by atoms with E-state index in [1.165, 1.54) is 0 Å². The van der Waals surface area contributed by atoms with Crippen LogP contribution < -0.4 is 0 Å². The molecule has 5 heteroatoms. The lowest BCUT2D eigenvalue weighted by Crippen LogP contribution is -2.31. The van der Waals surface area contributed by atoms with Crippen molar-refractivity contribution in [1.82, 2.24) is 14.7 Å². The average Bonchev–Trinajstić information content (AvgIpc) is 2.61. The molecule has 0 aliphatic rings. The molecule has 1 unspecified atom stereocenters. The fraction of sp³-hybridized carbons (Fsp3) is 0.600. The molecule has 0 aliphatic heterocycles. The monoisotopic (exact) mass is 229 g/mol. The maximum Gasteiger partial charge on any atom is 0.226 e. The Morgan fingerprint density at radius 3 is 2.87 bits per heavy atom. The highest BCUT2D eigenvalue weighted by atomic mass is 35.5. The maximum absolute atomic E-state index is 11.7. The lowest BCUT2D eigenvalue weighted by Gasteiger charge is -2.19. The van der Waals surface area contributed by atoms with Crippen LogP contribution in [0.3, 0.4) is 0 Å². The van der Waals surface area contributed by atoms with Crippen LogP contribution in [0.1, 0.15) is 12.5 Å². The number of aromatic nitrogens is 2. The van der Waals surface area contributed by atoms with Crippen molar-refractivity contribution in [2.45, 2.75) is 13.5 Å². The highest BCUT2D eigenvalue weighted by Crippen LogP contribution is 2.07. The zero-order valence-corrected chi connectivity index (χ0v) is 10.0. The van der Waals surface area contributed by atoms with Gasteiger partial charge in [-0.3, -0.25) is 9.48 Å². The van der Waals surface area contributed by atoms with Crippen molar-refractivity contribution >= 4 is 17.5 Å². The van der Waals surface area contributed by atoms with Gasteiger partial charge in [0.25, 0.3) is 0 Å². The predicted molar refractivity (Wildman–Crippen MR) is 59.6 cm³/mol. The van der Waals surface area contributed by atoms with Gasteiger partial charge >= 0.3 is 0 Å². The van der Waals surface area contributed by atoms with Gasteiger partial charge in [0.05, 0.1) is 6.20 Å². The van der Waals surface area contributed by atoms with Crippen LogP contribution in [0.4, 0.5) is 0 Å². The molecular formula is C10H16ClN3O. The van der Waals surface area contributed by atoms with Crippen LogP contribution in [-0.4, -0.2) is 33.5 Å². The number of halogens is 1. The summed E-state index contributed by atoms with van der Waals surface area (Å²) in [5, 5.41) is 4.05. The predicted octanol–water partition coefficient (Wildman–Crippen LogP) is 1.25. The second-order valence-corrected chi connectivity index (χ2v) is 4.08. The fourth-order valence-electron chi connectivity index (χ4n) is 1.35. The molecule has 0 bridgehead atoms. The van der Waals surface area contributed by atoms with Crippen molar-refractivity contribution < 1.29 is 4.79 Å². The molecule has 0 N–H and O–H groups in total. The van der Waals surface area contributed by atoms with Crippen molar-refractivity contribution in [3.05, 3.63) is 18.0 Å². The summed E-state index contributed by atoms with van der Waals surface area (Å²) in [7, 11) is 3.63. The molecule has 0 fully saturated rings. The first-order chi connectivity index (χ1) is 7.04. The molecule has 0 spiro atoms. The number of amides is 1. The zero-order valence-electron chi connectivity index (χ0n) is 9.27. The molecule has 1 atom stereocenters. The van der Waals surface area contributed by atoms with E-state index in [4.69, 9.17) is 11.6 Å². The summed E-state index contributed by atoms with van der Waals surface area (Å²) in [6, 6.07) is 0. The van der Waals surface area contributed by atoms with Crippen LogP contribution in [-0.2, 0) is 18.4 Å². The van der Waals surface area contributed by atoms with E-state index < -0.39 is 0 Å². The molecule has 1 aromatic rings. The number of carbonyl (C=O) groups excluding carboxylic acids is 1. The maximum atomic E-state index is 11.7. The van der Waals surface area contributed by atoms with Crippen molar-refractivity contribution in [2.24, 2.45) is 13.0 Å². The first-order valence-corrected chi connectivity index (χ1v) is 5.36. The van der Waals surface area contributed by atoms with Gasteiger partial charge in [0.1, 0.15) is 0 Å². The van der Waals surface area contributed by atoms with E-state index in [9.17, 15) is 4.79 Å². The second kappa shape index (κ2) is 5.16. The summed E-state index contributed by atoms with van der Waals surface area (Å²) >= 11 is 5.63. The number of hydrogen-bond donors (Lipinski definition) is 0. The molecule has 0 radical (unpaired) electrons. The minimum absolute atomic E-state index is 0.0638. The van der Waals surface area contributed by atoms with Gasteiger partial charge in [-0.25, -0.2) is 0 Å². The van der Waals surface area contributed by atoms with E-state index in [1.807, 2.05) is 20.2 Å². The SMILES string of the molecule is CC(CCl)C(=O)N(C)Cc1cnn(C)c1. The van der Waals surface area contributed by atoms with Crippen LogP contribution in [0.25, 0.3) is 0 Å². The molecule has 0 aliphatic carbocycles. The summed E-state index contributed by atoms with van der Waals surface area (Å²) in [4.78, 5) is 13.4. The molecule has 4 nitrogen and oxygen atoms in total. The van der Waals surface area contributed by atoms with E-state index >= 15 is 0 Å². The molecule has 15 heavy (non-hydrogen) atoms. The van der Waals surface area contributed by atoms with Crippen LogP contribution in [0.2, 0.25) is 0 Å². The molecule has 0 saturated carbocycles. The smallest absolute Gasteiger partial charge is 0.226 e. The van der Waals surface area contributed by atoms with Gasteiger partial charge in [0.2, 0.25) is 5.91 Å².